The first-order chi connectivity index (χ1) is 14.6. The molecule has 0 unspecified atom stereocenters. The second-order valence-corrected chi connectivity index (χ2v) is 6.78. The lowest BCUT2D eigenvalue weighted by atomic mass is 10.1. The molecule has 0 radical (unpaired) electrons. The molecule has 3 aromatic rings. The quantitative estimate of drug-likeness (QED) is 0.649. The van der Waals surface area contributed by atoms with E-state index in [-0.39, 0.29) is 42.7 Å². The molecule has 2 aromatic carbocycles. The fourth-order valence-electron chi connectivity index (χ4n) is 3.19. The molecule has 1 aliphatic heterocycles. The largest absolute Gasteiger partial charge is 0.301 e. The first kappa shape index (κ1) is 19.4. The van der Waals surface area contributed by atoms with Gasteiger partial charge in [-0.25, -0.2) is 9.40 Å². The predicted molar refractivity (Wildman–Crippen MR) is 112 cm³/mol. The summed E-state index contributed by atoms with van der Waals surface area (Å²) >= 11 is 0. The Kier molecular flexibility index (Phi) is 5.61. The maximum absolute atomic E-state index is 13.4. The Morgan fingerprint density at radius 3 is 2.40 bits per heavy atom. The van der Waals surface area contributed by atoms with Crippen molar-refractivity contribution in [1.29, 1.82) is 0 Å². The van der Waals surface area contributed by atoms with Crippen molar-refractivity contribution in [3.8, 4) is 0 Å². The minimum atomic E-state index is -0.389. The fourth-order valence-corrected chi connectivity index (χ4v) is 3.19. The molecule has 2 amide bonds. The zero-order valence-electron chi connectivity index (χ0n) is 16.1. The van der Waals surface area contributed by atoms with Crippen LogP contribution in [-0.4, -0.2) is 22.5 Å². The zero-order chi connectivity index (χ0) is 20.9. The minimum absolute atomic E-state index is 0.171. The second-order valence-electron chi connectivity index (χ2n) is 6.78. The van der Waals surface area contributed by atoms with E-state index in [1.165, 1.54) is 22.0 Å². The van der Waals surface area contributed by atoms with Gasteiger partial charge in [0.1, 0.15) is 11.5 Å². The molecule has 1 aliphatic rings. The van der Waals surface area contributed by atoms with Gasteiger partial charge in [0.25, 0.3) is 5.91 Å². The van der Waals surface area contributed by atoms with E-state index in [0.29, 0.717) is 17.1 Å². The number of carbonyl (C=O) groups excluding carboxylic acids is 2. The van der Waals surface area contributed by atoms with Gasteiger partial charge in [-0.2, -0.15) is 5.10 Å². The number of anilines is 2. The van der Waals surface area contributed by atoms with Crippen molar-refractivity contribution in [2.75, 3.05) is 9.91 Å². The predicted octanol–water partition coefficient (Wildman–Crippen LogP) is 3.94. The fraction of sp³-hybridized carbons (Fsp3) is 0.130. The topological polar surface area (TPSA) is 65.9 Å². The molecule has 0 fully saturated rings. The van der Waals surface area contributed by atoms with Crippen molar-refractivity contribution in [2.45, 2.75) is 19.4 Å². The normalized spacial score (nSPS) is 13.7. The molecule has 0 N–H and O–H groups in total. The van der Waals surface area contributed by atoms with Crippen LogP contribution in [0.1, 0.15) is 18.5 Å². The Hall–Kier alpha value is -3.87. The first-order valence-corrected chi connectivity index (χ1v) is 9.54. The van der Waals surface area contributed by atoms with Crippen molar-refractivity contribution in [1.82, 2.24) is 4.98 Å². The maximum Gasteiger partial charge on any atom is 0.274 e. The van der Waals surface area contributed by atoms with Gasteiger partial charge < -0.3 is 4.90 Å². The summed E-state index contributed by atoms with van der Waals surface area (Å²) < 4.78 is 13.4. The van der Waals surface area contributed by atoms with E-state index in [0.717, 1.165) is 0 Å². The molecule has 30 heavy (non-hydrogen) atoms. The average Bonchev–Trinajstić information content (AvgIpc) is 2.79. The number of hydrogen-bond acceptors (Lipinski definition) is 4. The lowest BCUT2D eigenvalue weighted by molar-refractivity contribution is -0.118. The number of aromatic nitrogens is 1. The average molecular weight is 402 g/mol. The first-order valence-electron chi connectivity index (χ1n) is 9.54. The zero-order valence-corrected chi connectivity index (χ0v) is 16.1. The number of halogens is 1. The smallest absolute Gasteiger partial charge is 0.274 e. The van der Waals surface area contributed by atoms with E-state index in [1.807, 2.05) is 18.2 Å². The standard InChI is InChI=1S/C23H19FN4O2/c24-17-9-11-19(12-10-17)27(16-18-6-4-5-15-25-18)23(30)21-13-14-22(29)28(26-21)20-7-2-1-3-8-20/h1-12,15H,13-14,16H2. The van der Waals surface area contributed by atoms with Gasteiger partial charge in [-0.15, -0.1) is 0 Å². The number of nitrogens with zero attached hydrogens (tertiary/aromatic N) is 4. The van der Waals surface area contributed by atoms with Crippen LogP contribution in [-0.2, 0) is 16.1 Å². The van der Waals surface area contributed by atoms with E-state index >= 15 is 0 Å². The van der Waals surface area contributed by atoms with Gasteiger partial charge in [-0.3, -0.25) is 14.6 Å². The summed E-state index contributed by atoms with van der Waals surface area (Å²) in [7, 11) is 0. The summed E-state index contributed by atoms with van der Waals surface area (Å²) in [5, 5.41) is 5.62. The van der Waals surface area contributed by atoms with Crippen LogP contribution in [0.3, 0.4) is 0 Å². The Balaban J connectivity index is 1.68. The van der Waals surface area contributed by atoms with Crippen molar-refractivity contribution in [3.63, 3.8) is 0 Å². The molecule has 2 heterocycles. The van der Waals surface area contributed by atoms with Crippen LogP contribution in [0, 0.1) is 5.82 Å². The summed E-state index contributed by atoms with van der Waals surface area (Å²) in [4.78, 5) is 31.6. The molecule has 1 aromatic heterocycles. The van der Waals surface area contributed by atoms with Gasteiger partial charge in [0.05, 0.1) is 17.9 Å². The molecule has 6 nitrogen and oxygen atoms in total. The molecule has 0 atom stereocenters. The van der Waals surface area contributed by atoms with Crippen molar-refractivity contribution < 1.29 is 14.0 Å². The Morgan fingerprint density at radius 1 is 0.967 bits per heavy atom. The van der Waals surface area contributed by atoms with E-state index in [2.05, 4.69) is 10.1 Å². The third kappa shape index (κ3) is 4.25. The summed E-state index contributed by atoms with van der Waals surface area (Å²) in [6.45, 7) is 0.198. The number of para-hydroxylation sites is 1. The number of benzene rings is 2. The second kappa shape index (κ2) is 8.65. The summed E-state index contributed by atoms with van der Waals surface area (Å²) in [5.41, 5.74) is 2.07. The molecule has 7 heteroatoms. The highest BCUT2D eigenvalue weighted by Crippen LogP contribution is 2.23. The van der Waals surface area contributed by atoms with E-state index in [9.17, 15) is 14.0 Å². The van der Waals surface area contributed by atoms with Crippen LogP contribution in [0.4, 0.5) is 15.8 Å². The highest BCUT2D eigenvalue weighted by atomic mass is 19.1. The van der Waals surface area contributed by atoms with Crippen LogP contribution >= 0.6 is 0 Å². The lowest BCUT2D eigenvalue weighted by Gasteiger charge is -2.27. The number of hydrogen-bond donors (Lipinski definition) is 0. The van der Waals surface area contributed by atoms with E-state index in [4.69, 9.17) is 0 Å². The monoisotopic (exact) mass is 402 g/mol. The van der Waals surface area contributed by atoms with Gasteiger partial charge in [-0.1, -0.05) is 24.3 Å². The molecule has 0 bridgehead atoms. The minimum Gasteiger partial charge on any atom is -0.301 e. The Morgan fingerprint density at radius 2 is 1.70 bits per heavy atom. The molecule has 0 spiro atoms. The van der Waals surface area contributed by atoms with Crippen molar-refractivity contribution in [3.05, 3.63) is 90.5 Å². The summed E-state index contributed by atoms with van der Waals surface area (Å²) in [6, 6.07) is 20.1. The SMILES string of the molecule is O=C(C1=NN(c2ccccc2)C(=O)CC1)N(Cc1ccccn1)c1ccc(F)cc1. The van der Waals surface area contributed by atoms with Gasteiger partial charge >= 0.3 is 0 Å². The third-order valence-corrected chi connectivity index (χ3v) is 4.71. The van der Waals surface area contributed by atoms with Crippen LogP contribution in [0.25, 0.3) is 0 Å². The van der Waals surface area contributed by atoms with Gasteiger partial charge in [0.15, 0.2) is 0 Å². The Bertz CT molecular complexity index is 1070. The molecule has 0 aliphatic carbocycles. The van der Waals surface area contributed by atoms with Crippen LogP contribution in [0.2, 0.25) is 0 Å². The third-order valence-electron chi connectivity index (χ3n) is 4.71. The molecular weight excluding hydrogens is 383 g/mol. The maximum atomic E-state index is 13.4. The van der Waals surface area contributed by atoms with Crippen molar-refractivity contribution in [2.24, 2.45) is 5.10 Å². The lowest BCUT2D eigenvalue weighted by Crippen LogP contribution is -2.41. The molecule has 4 rings (SSSR count). The number of pyridine rings is 1. The van der Waals surface area contributed by atoms with E-state index < -0.39 is 0 Å². The number of hydrazone groups is 1. The highest BCUT2D eigenvalue weighted by Gasteiger charge is 2.29. The Labute approximate surface area is 173 Å². The van der Waals surface area contributed by atoms with Crippen molar-refractivity contribution >= 4 is 28.9 Å². The highest BCUT2D eigenvalue weighted by molar-refractivity contribution is 6.44. The van der Waals surface area contributed by atoms with Gasteiger partial charge in [-0.05, 0) is 48.5 Å². The van der Waals surface area contributed by atoms with Gasteiger partial charge in [0, 0.05) is 24.7 Å². The van der Waals surface area contributed by atoms with E-state index in [1.54, 1.807) is 48.7 Å². The van der Waals surface area contributed by atoms with Gasteiger partial charge in [0.2, 0.25) is 5.91 Å². The molecule has 0 saturated carbocycles. The molecule has 0 saturated heterocycles. The molecular formula is C23H19FN4O2. The number of rotatable bonds is 5. The summed E-state index contributed by atoms with van der Waals surface area (Å²) in [5.74, 6) is -0.906. The van der Waals surface area contributed by atoms with Crippen LogP contribution in [0.15, 0.2) is 84.1 Å². The number of carbonyl (C=O) groups is 2. The summed E-state index contributed by atoms with van der Waals surface area (Å²) in [6.07, 6.45) is 2.07. The van der Waals surface area contributed by atoms with Crippen LogP contribution < -0.4 is 9.91 Å². The van der Waals surface area contributed by atoms with Crippen LogP contribution in [0.5, 0.6) is 0 Å². The molecule has 150 valence electrons. The number of amides is 2.